The van der Waals surface area contributed by atoms with E-state index in [4.69, 9.17) is 0 Å². The van der Waals surface area contributed by atoms with E-state index in [9.17, 15) is 15.8 Å². The van der Waals surface area contributed by atoms with Crippen molar-refractivity contribution in [1.82, 2.24) is 21.0 Å². The summed E-state index contributed by atoms with van der Waals surface area (Å²) in [6.07, 6.45) is 5.43. The van der Waals surface area contributed by atoms with Gasteiger partial charge in [0.15, 0.2) is 5.78 Å². The number of halogens is 1. The van der Waals surface area contributed by atoms with Crippen molar-refractivity contribution in [3.05, 3.63) is 77.0 Å². The van der Waals surface area contributed by atoms with Crippen LogP contribution in [0.2, 0.25) is 0 Å². The van der Waals surface area contributed by atoms with Crippen LogP contribution in [0.3, 0.4) is 0 Å². The molecule has 4 N–H and O–H groups in total. The highest BCUT2D eigenvalue weighted by atomic mass is 19.1. The summed E-state index contributed by atoms with van der Waals surface area (Å²) in [6.45, 7) is 8.31. The first-order chi connectivity index (χ1) is 18.5. The van der Waals surface area contributed by atoms with Gasteiger partial charge < -0.3 is 16.1 Å². The highest BCUT2D eigenvalue weighted by Crippen LogP contribution is 2.36. The molecule has 5 rings (SSSR count). The molecule has 2 heterocycles. The van der Waals surface area contributed by atoms with Crippen molar-refractivity contribution >= 4 is 28.1 Å². The van der Waals surface area contributed by atoms with Crippen molar-refractivity contribution in [1.29, 1.82) is 5.26 Å². The molecule has 3 aromatic rings. The smallest absolute Gasteiger partial charge is 0.162 e. The number of rotatable bonds is 8. The molecule has 2 aromatic carbocycles. The van der Waals surface area contributed by atoms with Crippen LogP contribution in [0.1, 0.15) is 69.4 Å². The number of nitrogens with zero attached hydrogens (tertiary/aromatic N) is 3. The fourth-order valence-electron chi connectivity index (χ4n) is 4.33. The van der Waals surface area contributed by atoms with Crippen molar-refractivity contribution in [2.45, 2.75) is 52.6 Å². The number of fused-ring (bicyclic) bond motifs is 1. The van der Waals surface area contributed by atoms with Gasteiger partial charge in [-0.1, -0.05) is 32.9 Å². The molecule has 1 aliphatic heterocycles. The van der Waals surface area contributed by atoms with Crippen molar-refractivity contribution < 1.29 is 10.6 Å². The zero-order valence-corrected chi connectivity index (χ0v) is 21.9. The summed E-state index contributed by atoms with van der Waals surface area (Å²) in [6, 6.07) is 10.2. The number of aromatic nitrogens is 1. The lowest BCUT2D eigenvalue weighted by Crippen LogP contribution is -2.38. The second-order valence-corrected chi connectivity index (χ2v) is 11.0. The number of hydrogen-bond acceptors (Lipinski definition) is 8. The van der Waals surface area contributed by atoms with E-state index in [1.807, 2.05) is 11.2 Å². The minimum absolute atomic E-state index is 0.0679. The highest BCUT2D eigenvalue weighted by molar-refractivity contribution is 6.10. The number of hydrazine groups is 2. The molecule has 1 fully saturated rings. The molecule has 0 bridgehead atoms. The number of nitrogens with one attached hydrogen (secondary N) is 4. The lowest BCUT2D eigenvalue weighted by Gasteiger charge is -2.24. The van der Waals surface area contributed by atoms with Crippen LogP contribution < -0.4 is 21.6 Å². The van der Waals surface area contributed by atoms with Crippen molar-refractivity contribution in [2.75, 3.05) is 17.2 Å². The molecule has 196 valence electrons. The monoisotopic (exact) mass is 514 g/mol. The quantitative estimate of drug-likeness (QED) is 0.297. The molecule has 1 aliphatic carbocycles. The maximum Gasteiger partial charge on any atom is 0.162 e. The third kappa shape index (κ3) is 5.41. The third-order valence-electron chi connectivity index (χ3n) is 6.47. The van der Waals surface area contributed by atoms with Gasteiger partial charge in [0.05, 0.1) is 29.9 Å². The van der Waals surface area contributed by atoms with Gasteiger partial charge in [0.2, 0.25) is 0 Å². The molecular formula is C29H32FN7O. The number of ketones is 1. The average Bonchev–Trinajstić information content (AvgIpc) is 3.62. The Bertz CT molecular complexity index is 1510. The SMILES string of the molecule is [2H]C(Nc1cc(C(C)=O)c2ncc(C#N)c(NCC(C)(C)C)c2c1)(C1=CN(C2CC2)NN1)c1ccc(F)cc1. The summed E-state index contributed by atoms with van der Waals surface area (Å²) in [5, 5.41) is 19.0. The molecule has 0 amide bonds. The normalized spacial score (nSPS) is 17.2. The van der Waals surface area contributed by atoms with Crippen LogP contribution in [-0.4, -0.2) is 28.4 Å². The molecular weight excluding hydrogens is 481 g/mol. The Labute approximate surface area is 223 Å². The fourth-order valence-corrected chi connectivity index (χ4v) is 4.33. The van der Waals surface area contributed by atoms with Gasteiger partial charge in [-0.15, -0.1) is 5.53 Å². The number of nitriles is 1. The van der Waals surface area contributed by atoms with Gasteiger partial charge in [-0.2, -0.15) is 5.26 Å². The molecule has 38 heavy (non-hydrogen) atoms. The van der Waals surface area contributed by atoms with Crippen LogP contribution in [0.5, 0.6) is 0 Å². The predicted octanol–water partition coefficient (Wildman–Crippen LogP) is 5.39. The van der Waals surface area contributed by atoms with Crippen LogP contribution in [0.15, 0.2) is 54.5 Å². The minimum Gasteiger partial charge on any atom is -0.383 e. The Balaban J connectivity index is 1.65. The van der Waals surface area contributed by atoms with E-state index in [1.54, 1.807) is 24.3 Å². The van der Waals surface area contributed by atoms with E-state index >= 15 is 0 Å². The van der Waals surface area contributed by atoms with Gasteiger partial charge >= 0.3 is 0 Å². The molecule has 9 heteroatoms. The zero-order valence-electron chi connectivity index (χ0n) is 22.9. The molecule has 0 saturated heterocycles. The molecule has 2 aliphatic rings. The maximum absolute atomic E-state index is 13.8. The summed E-state index contributed by atoms with van der Waals surface area (Å²) in [5.74, 6) is -0.596. The summed E-state index contributed by atoms with van der Waals surface area (Å²) in [5.41, 5.74) is 9.42. The topological polar surface area (TPSA) is 105 Å². The number of Topliss-reactive ketones (excluding diaryl/α,β-unsaturated/α-hetero) is 1. The van der Waals surface area contributed by atoms with E-state index in [-0.39, 0.29) is 11.2 Å². The first kappa shape index (κ1) is 24.2. The number of anilines is 2. The zero-order chi connectivity index (χ0) is 27.9. The molecule has 1 atom stereocenters. The number of hydrogen-bond donors (Lipinski definition) is 4. The van der Waals surface area contributed by atoms with E-state index in [0.717, 1.165) is 12.8 Å². The average molecular weight is 515 g/mol. The lowest BCUT2D eigenvalue weighted by molar-refractivity contribution is 0.101. The van der Waals surface area contributed by atoms with Crippen LogP contribution in [0, 0.1) is 22.6 Å². The van der Waals surface area contributed by atoms with E-state index in [0.29, 0.717) is 57.3 Å². The Morgan fingerprint density at radius 3 is 2.68 bits per heavy atom. The molecule has 1 unspecified atom stereocenters. The van der Waals surface area contributed by atoms with E-state index < -0.39 is 11.8 Å². The first-order valence-corrected chi connectivity index (χ1v) is 12.7. The number of carbonyl (C=O) groups excluding carboxylic acids is 1. The molecule has 0 radical (unpaired) electrons. The lowest BCUT2D eigenvalue weighted by atomic mass is 9.96. The van der Waals surface area contributed by atoms with Crippen LogP contribution in [0.4, 0.5) is 15.8 Å². The minimum atomic E-state index is -1.56. The standard InChI is InChI=1S/C29H32FN7O/c1-17(38)23-11-21(12-24-26(33-16-29(2,3)4)19(13-31)14-32-28(23)24)34-27(18-5-7-20(30)8-6-18)25-15-37(36-35-25)22-9-10-22/h5-8,11-12,14-15,22,27,34-36H,9-10,16H2,1-4H3,(H,32,33)/i27D. The van der Waals surface area contributed by atoms with E-state index in [1.165, 1.54) is 25.3 Å². The summed E-state index contributed by atoms with van der Waals surface area (Å²) < 4.78 is 23.4. The van der Waals surface area contributed by atoms with Gasteiger partial charge in [0.25, 0.3) is 0 Å². The number of benzene rings is 2. The maximum atomic E-state index is 13.8. The van der Waals surface area contributed by atoms with Crippen LogP contribution in [-0.2, 0) is 0 Å². The van der Waals surface area contributed by atoms with Gasteiger partial charge in [-0.05, 0) is 55.0 Å². The Kier molecular flexibility index (Phi) is 6.34. The van der Waals surface area contributed by atoms with Gasteiger partial charge in [0, 0.05) is 41.6 Å². The Hall–Kier alpha value is -4.16. The fraction of sp³-hybridized carbons (Fsp3) is 0.345. The van der Waals surface area contributed by atoms with Gasteiger partial charge in [-0.25, -0.2) is 4.39 Å². The molecule has 0 spiro atoms. The van der Waals surface area contributed by atoms with Crippen LogP contribution >= 0.6 is 0 Å². The van der Waals surface area contributed by atoms with Crippen molar-refractivity contribution in [3.63, 3.8) is 0 Å². The number of pyridine rings is 1. The van der Waals surface area contributed by atoms with Crippen molar-refractivity contribution in [2.24, 2.45) is 5.41 Å². The largest absolute Gasteiger partial charge is 0.383 e. The Morgan fingerprint density at radius 1 is 1.32 bits per heavy atom. The van der Waals surface area contributed by atoms with Gasteiger partial charge in [-0.3, -0.25) is 14.8 Å². The summed E-state index contributed by atoms with van der Waals surface area (Å²) >= 11 is 0. The van der Waals surface area contributed by atoms with Crippen molar-refractivity contribution in [3.8, 4) is 6.07 Å². The second-order valence-electron chi connectivity index (χ2n) is 11.0. The predicted molar refractivity (Wildman–Crippen MR) is 146 cm³/mol. The summed E-state index contributed by atoms with van der Waals surface area (Å²) in [7, 11) is 0. The number of carbonyl (C=O) groups is 1. The third-order valence-corrected chi connectivity index (χ3v) is 6.47. The molecule has 1 saturated carbocycles. The van der Waals surface area contributed by atoms with Gasteiger partial charge in [0.1, 0.15) is 11.9 Å². The molecule has 8 nitrogen and oxygen atoms in total. The molecule has 1 aromatic heterocycles. The second kappa shape index (κ2) is 9.95. The Morgan fingerprint density at radius 2 is 2.05 bits per heavy atom. The van der Waals surface area contributed by atoms with Crippen LogP contribution in [0.25, 0.3) is 10.9 Å². The first-order valence-electron chi connectivity index (χ1n) is 13.2. The summed E-state index contributed by atoms with van der Waals surface area (Å²) in [4.78, 5) is 17.2. The van der Waals surface area contributed by atoms with E-state index in [2.05, 4.69) is 53.4 Å². The highest BCUT2D eigenvalue weighted by Gasteiger charge is 2.32.